The van der Waals surface area contributed by atoms with Crippen molar-refractivity contribution in [3.63, 3.8) is 0 Å². The molecule has 2 heteroatoms. The summed E-state index contributed by atoms with van der Waals surface area (Å²) in [4.78, 5) is 0. The van der Waals surface area contributed by atoms with Gasteiger partial charge in [-0.2, -0.15) is 0 Å². The van der Waals surface area contributed by atoms with Crippen LogP contribution in [0, 0.1) is 0 Å². The SMILES string of the molecule is CCC1COC(C)C(C)O1. The van der Waals surface area contributed by atoms with Crippen molar-refractivity contribution in [1.29, 1.82) is 0 Å². The molecule has 0 aliphatic carbocycles. The topological polar surface area (TPSA) is 18.5 Å². The first kappa shape index (κ1) is 8.02. The zero-order valence-electron chi connectivity index (χ0n) is 6.96. The van der Waals surface area contributed by atoms with Gasteiger partial charge in [-0.05, 0) is 20.3 Å². The number of ether oxygens (including phenoxy) is 2. The summed E-state index contributed by atoms with van der Waals surface area (Å²) in [6, 6.07) is 0. The molecular weight excluding hydrogens is 128 g/mol. The van der Waals surface area contributed by atoms with Crippen LogP contribution in [0.4, 0.5) is 0 Å². The Kier molecular flexibility index (Phi) is 2.69. The summed E-state index contributed by atoms with van der Waals surface area (Å²) in [7, 11) is 0. The standard InChI is InChI=1S/C8H16O2/c1-4-8-5-9-6(2)7(3)10-8/h6-8H,4-5H2,1-3H3. The molecule has 1 rings (SSSR count). The summed E-state index contributed by atoms with van der Waals surface area (Å²) >= 11 is 0. The molecule has 60 valence electrons. The van der Waals surface area contributed by atoms with E-state index in [1.165, 1.54) is 0 Å². The van der Waals surface area contributed by atoms with Gasteiger partial charge in [-0.3, -0.25) is 0 Å². The van der Waals surface area contributed by atoms with E-state index in [-0.39, 0.29) is 12.2 Å². The summed E-state index contributed by atoms with van der Waals surface area (Å²) in [5, 5.41) is 0. The molecule has 0 radical (unpaired) electrons. The van der Waals surface area contributed by atoms with Gasteiger partial charge in [0.15, 0.2) is 0 Å². The van der Waals surface area contributed by atoms with Gasteiger partial charge in [0, 0.05) is 0 Å². The van der Waals surface area contributed by atoms with E-state index >= 15 is 0 Å². The summed E-state index contributed by atoms with van der Waals surface area (Å²) in [5.41, 5.74) is 0. The van der Waals surface area contributed by atoms with E-state index in [4.69, 9.17) is 9.47 Å². The van der Waals surface area contributed by atoms with E-state index in [9.17, 15) is 0 Å². The van der Waals surface area contributed by atoms with E-state index in [0.717, 1.165) is 13.0 Å². The van der Waals surface area contributed by atoms with Crippen LogP contribution in [-0.2, 0) is 9.47 Å². The second kappa shape index (κ2) is 3.35. The minimum atomic E-state index is 0.263. The van der Waals surface area contributed by atoms with E-state index in [0.29, 0.717) is 6.10 Å². The zero-order valence-corrected chi connectivity index (χ0v) is 6.96. The maximum Gasteiger partial charge on any atom is 0.0811 e. The van der Waals surface area contributed by atoms with Crippen LogP contribution in [0.1, 0.15) is 27.2 Å². The van der Waals surface area contributed by atoms with E-state index in [1.807, 2.05) is 0 Å². The molecule has 1 fully saturated rings. The van der Waals surface area contributed by atoms with Crippen LogP contribution in [0.2, 0.25) is 0 Å². The highest BCUT2D eigenvalue weighted by molar-refractivity contribution is 4.69. The van der Waals surface area contributed by atoms with Crippen molar-refractivity contribution in [2.45, 2.75) is 45.5 Å². The number of hydrogen-bond acceptors (Lipinski definition) is 2. The Morgan fingerprint density at radius 3 is 2.50 bits per heavy atom. The summed E-state index contributed by atoms with van der Waals surface area (Å²) in [6.07, 6.45) is 1.91. The highest BCUT2D eigenvalue weighted by Crippen LogP contribution is 2.15. The van der Waals surface area contributed by atoms with Crippen molar-refractivity contribution in [2.75, 3.05) is 6.61 Å². The van der Waals surface area contributed by atoms with Crippen molar-refractivity contribution in [3.8, 4) is 0 Å². The van der Waals surface area contributed by atoms with E-state index in [1.54, 1.807) is 0 Å². The molecule has 0 bridgehead atoms. The molecule has 1 saturated heterocycles. The highest BCUT2D eigenvalue weighted by atomic mass is 16.6. The molecule has 0 aromatic heterocycles. The Morgan fingerprint density at radius 2 is 2.00 bits per heavy atom. The predicted octanol–water partition coefficient (Wildman–Crippen LogP) is 1.59. The van der Waals surface area contributed by atoms with Crippen molar-refractivity contribution in [1.82, 2.24) is 0 Å². The molecule has 0 spiro atoms. The molecule has 0 aromatic rings. The molecular formula is C8H16O2. The number of hydrogen-bond donors (Lipinski definition) is 0. The third kappa shape index (κ3) is 1.70. The molecule has 3 unspecified atom stereocenters. The second-order valence-corrected chi connectivity index (χ2v) is 2.91. The van der Waals surface area contributed by atoms with E-state index < -0.39 is 0 Å². The maximum atomic E-state index is 5.62. The minimum absolute atomic E-state index is 0.263. The van der Waals surface area contributed by atoms with Crippen LogP contribution < -0.4 is 0 Å². The van der Waals surface area contributed by atoms with Crippen LogP contribution in [0.3, 0.4) is 0 Å². The lowest BCUT2D eigenvalue weighted by molar-refractivity contribution is -0.167. The van der Waals surface area contributed by atoms with Crippen LogP contribution in [0.25, 0.3) is 0 Å². The second-order valence-electron chi connectivity index (χ2n) is 2.91. The lowest BCUT2D eigenvalue weighted by Gasteiger charge is -2.32. The van der Waals surface area contributed by atoms with Gasteiger partial charge in [-0.1, -0.05) is 6.92 Å². The van der Waals surface area contributed by atoms with Crippen LogP contribution in [0.5, 0.6) is 0 Å². The van der Waals surface area contributed by atoms with Gasteiger partial charge in [0.1, 0.15) is 0 Å². The predicted molar refractivity (Wildman–Crippen MR) is 40.0 cm³/mol. The molecule has 0 saturated carbocycles. The molecule has 2 nitrogen and oxygen atoms in total. The van der Waals surface area contributed by atoms with Gasteiger partial charge >= 0.3 is 0 Å². The first-order valence-corrected chi connectivity index (χ1v) is 4.01. The van der Waals surface area contributed by atoms with Gasteiger partial charge in [-0.15, -0.1) is 0 Å². The molecule has 1 heterocycles. The fraction of sp³-hybridized carbons (Fsp3) is 1.00. The molecule has 1 aliphatic rings. The Balaban J connectivity index is 2.33. The smallest absolute Gasteiger partial charge is 0.0811 e. The average Bonchev–Trinajstić information content (AvgIpc) is 1.95. The summed E-state index contributed by atoms with van der Waals surface area (Å²) in [5.74, 6) is 0. The number of rotatable bonds is 1. The van der Waals surface area contributed by atoms with Crippen molar-refractivity contribution >= 4 is 0 Å². The van der Waals surface area contributed by atoms with Gasteiger partial charge in [-0.25, -0.2) is 0 Å². The van der Waals surface area contributed by atoms with Crippen LogP contribution in [0.15, 0.2) is 0 Å². The third-order valence-corrected chi connectivity index (χ3v) is 2.07. The van der Waals surface area contributed by atoms with Gasteiger partial charge in [0.05, 0.1) is 24.9 Å². The first-order chi connectivity index (χ1) is 4.74. The molecule has 0 amide bonds. The fourth-order valence-electron chi connectivity index (χ4n) is 1.06. The normalized spacial score (nSPS) is 41.7. The largest absolute Gasteiger partial charge is 0.373 e. The quantitative estimate of drug-likeness (QED) is 0.556. The summed E-state index contributed by atoms with van der Waals surface area (Å²) in [6.45, 7) is 7.00. The molecule has 10 heavy (non-hydrogen) atoms. The van der Waals surface area contributed by atoms with Gasteiger partial charge < -0.3 is 9.47 Å². The third-order valence-electron chi connectivity index (χ3n) is 2.07. The van der Waals surface area contributed by atoms with Crippen molar-refractivity contribution in [2.24, 2.45) is 0 Å². The van der Waals surface area contributed by atoms with Crippen LogP contribution >= 0.6 is 0 Å². The Labute approximate surface area is 62.5 Å². The Morgan fingerprint density at radius 1 is 1.30 bits per heavy atom. The fourth-order valence-corrected chi connectivity index (χ4v) is 1.06. The molecule has 0 N–H and O–H groups in total. The summed E-state index contributed by atoms with van der Waals surface area (Å²) < 4.78 is 11.1. The monoisotopic (exact) mass is 144 g/mol. The molecule has 0 aromatic carbocycles. The lowest BCUT2D eigenvalue weighted by Crippen LogP contribution is -2.39. The lowest BCUT2D eigenvalue weighted by atomic mass is 10.2. The Hall–Kier alpha value is -0.0800. The average molecular weight is 144 g/mol. The maximum absolute atomic E-state index is 5.62. The van der Waals surface area contributed by atoms with Crippen LogP contribution in [-0.4, -0.2) is 24.9 Å². The van der Waals surface area contributed by atoms with Gasteiger partial charge in [0.2, 0.25) is 0 Å². The highest BCUT2D eigenvalue weighted by Gasteiger charge is 2.23. The van der Waals surface area contributed by atoms with Crippen molar-refractivity contribution < 1.29 is 9.47 Å². The molecule has 3 atom stereocenters. The molecule has 1 aliphatic heterocycles. The minimum Gasteiger partial charge on any atom is -0.373 e. The van der Waals surface area contributed by atoms with Gasteiger partial charge in [0.25, 0.3) is 0 Å². The van der Waals surface area contributed by atoms with E-state index in [2.05, 4.69) is 20.8 Å². The Bertz CT molecular complexity index is 103. The van der Waals surface area contributed by atoms with Crippen molar-refractivity contribution in [3.05, 3.63) is 0 Å². The first-order valence-electron chi connectivity index (χ1n) is 4.01. The zero-order chi connectivity index (χ0) is 7.56.